The maximum Gasteiger partial charge on any atom is 0.310 e. The van der Waals surface area contributed by atoms with Crippen LogP contribution in [-0.4, -0.2) is 24.4 Å². The average Bonchev–Trinajstić information content (AvgIpc) is 2.20. The van der Waals surface area contributed by atoms with Crippen molar-refractivity contribution in [1.82, 2.24) is 0 Å². The second-order valence-electron chi connectivity index (χ2n) is 2.75. The van der Waals surface area contributed by atoms with E-state index in [-0.39, 0.29) is 18.1 Å². The van der Waals surface area contributed by atoms with E-state index in [4.69, 9.17) is 0 Å². The Morgan fingerprint density at radius 1 is 1.57 bits per heavy atom. The lowest BCUT2D eigenvalue weighted by molar-refractivity contribution is -0.139. The van der Waals surface area contributed by atoms with E-state index in [1.165, 1.54) is 7.11 Å². The minimum Gasteiger partial charge on any atom is -0.508 e. The number of hydrogen-bond acceptors (Lipinski definition) is 4. The fourth-order valence-corrected chi connectivity index (χ4v) is 1.48. The highest BCUT2D eigenvalue weighted by molar-refractivity contribution is 7.98. The van der Waals surface area contributed by atoms with Crippen LogP contribution in [0.5, 0.6) is 5.75 Å². The molecule has 0 radical (unpaired) electrons. The Hall–Kier alpha value is -1.16. The van der Waals surface area contributed by atoms with Crippen LogP contribution in [-0.2, 0) is 16.0 Å². The fourth-order valence-electron chi connectivity index (χ4n) is 1.05. The van der Waals surface area contributed by atoms with Crippen molar-refractivity contribution in [3.05, 3.63) is 23.8 Å². The zero-order valence-electron chi connectivity index (χ0n) is 8.11. The minimum atomic E-state index is -0.350. The number of carbonyl (C=O) groups excluding carboxylic acids is 1. The quantitative estimate of drug-likeness (QED) is 0.613. The molecule has 0 heterocycles. The van der Waals surface area contributed by atoms with Gasteiger partial charge < -0.3 is 9.84 Å². The summed E-state index contributed by atoms with van der Waals surface area (Å²) in [5, 5.41) is 9.55. The first-order valence-corrected chi connectivity index (χ1v) is 5.32. The SMILES string of the molecule is COC(=O)Cc1ccc(SC)cc1O. The Morgan fingerprint density at radius 3 is 2.79 bits per heavy atom. The molecule has 0 bridgehead atoms. The molecule has 0 aromatic heterocycles. The Kier molecular flexibility index (Phi) is 3.83. The predicted molar refractivity (Wildman–Crippen MR) is 55.6 cm³/mol. The van der Waals surface area contributed by atoms with Gasteiger partial charge >= 0.3 is 5.97 Å². The normalized spacial score (nSPS) is 9.86. The third-order valence-electron chi connectivity index (χ3n) is 1.85. The second-order valence-corrected chi connectivity index (χ2v) is 3.63. The van der Waals surface area contributed by atoms with Crippen molar-refractivity contribution < 1.29 is 14.6 Å². The number of rotatable bonds is 3. The van der Waals surface area contributed by atoms with Crippen LogP contribution in [0.15, 0.2) is 23.1 Å². The first-order chi connectivity index (χ1) is 6.67. The van der Waals surface area contributed by atoms with Crippen molar-refractivity contribution >= 4 is 17.7 Å². The first-order valence-electron chi connectivity index (χ1n) is 4.10. The van der Waals surface area contributed by atoms with Crippen LogP contribution in [0.4, 0.5) is 0 Å². The molecule has 14 heavy (non-hydrogen) atoms. The molecule has 0 fully saturated rings. The smallest absolute Gasteiger partial charge is 0.310 e. The zero-order valence-corrected chi connectivity index (χ0v) is 8.93. The van der Waals surface area contributed by atoms with Crippen LogP contribution in [0.1, 0.15) is 5.56 Å². The van der Waals surface area contributed by atoms with Gasteiger partial charge in [-0.1, -0.05) is 6.07 Å². The highest BCUT2D eigenvalue weighted by Gasteiger charge is 2.07. The van der Waals surface area contributed by atoms with E-state index in [0.717, 1.165) is 4.90 Å². The zero-order chi connectivity index (χ0) is 10.6. The first kappa shape index (κ1) is 10.9. The Balaban J connectivity index is 2.83. The summed E-state index contributed by atoms with van der Waals surface area (Å²) in [4.78, 5) is 11.9. The van der Waals surface area contributed by atoms with Gasteiger partial charge in [-0.05, 0) is 18.4 Å². The van der Waals surface area contributed by atoms with Gasteiger partial charge in [-0.3, -0.25) is 4.79 Å². The van der Waals surface area contributed by atoms with Gasteiger partial charge in [-0.15, -0.1) is 11.8 Å². The minimum absolute atomic E-state index is 0.108. The summed E-state index contributed by atoms with van der Waals surface area (Å²) in [5.41, 5.74) is 0.592. The summed E-state index contributed by atoms with van der Waals surface area (Å²) in [6.07, 6.45) is 2.03. The number of aromatic hydroxyl groups is 1. The molecule has 0 amide bonds. The number of hydrogen-bond donors (Lipinski definition) is 1. The number of thioether (sulfide) groups is 1. The lowest BCUT2D eigenvalue weighted by Gasteiger charge is -2.04. The molecule has 1 aromatic carbocycles. The number of phenols is 1. The molecule has 0 saturated heterocycles. The van der Waals surface area contributed by atoms with E-state index in [0.29, 0.717) is 5.56 Å². The standard InChI is InChI=1S/C10H12O3S/c1-13-10(12)5-7-3-4-8(14-2)6-9(7)11/h3-4,6,11H,5H2,1-2H3. The number of benzene rings is 1. The predicted octanol–water partition coefficient (Wildman–Crippen LogP) is 1.83. The molecule has 0 saturated carbocycles. The summed E-state index contributed by atoms with van der Waals surface area (Å²) in [5.74, 6) is -0.209. The van der Waals surface area contributed by atoms with Crippen LogP contribution in [0.2, 0.25) is 0 Å². The van der Waals surface area contributed by atoms with Crippen molar-refractivity contribution in [3.8, 4) is 5.75 Å². The van der Waals surface area contributed by atoms with Gasteiger partial charge in [0.2, 0.25) is 0 Å². The van der Waals surface area contributed by atoms with Crippen LogP contribution < -0.4 is 0 Å². The van der Waals surface area contributed by atoms with Gasteiger partial charge in [0.15, 0.2) is 0 Å². The highest BCUT2D eigenvalue weighted by atomic mass is 32.2. The van der Waals surface area contributed by atoms with Crippen molar-refractivity contribution in [2.75, 3.05) is 13.4 Å². The van der Waals surface area contributed by atoms with E-state index >= 15 is 0 Å². The molecule has 0 unspecified atom stereocenters. The van der Waals surface area contributed by atoms with E-state index in [1.807, 2.05) is 12.3 Å². The number of esters is 1. The van der Waals surface area contributed by atoms with Crippen LogP contribution in [0, 0.1) is 0 Å². The van der Waals surface area contributed by atoms with Gasteiger partial charge in [0.05, 0.1) is 13.5 Å². The molecule has 0 aliphatic heterocycles. The Morgan fingerprint density at radius 2 is 2.29 bits per heavy atom. The van der Waals surface area contributed by atoms with Crippen molar-refractivity contribution in [1.29, 1.82) is 0 Å². The van der Waals surface area contributed by atoms with Gasteiger partial charge in [-0.2, -0.15) is 0 Å². The number of methoxy groups -OCH3 is 1. The van der Waals surface area contributed by atoms with E-state index in [1.54, 1.807) is 23.9 Å². The topological polar surface area (TPSA) is 46.5 Å². The third-order valence-corrected chi connectivity index (χ3v) is 2.58. The molecule has 1 N–H and O–H groups in total. The van der Waals surface area contributed by atoms with E-state index in [2.05, 4.69) is 4.74 Å². The summed E-state index contributed by atoms with van der Waals surface area (Å²) < 4.78 is 4.51. The summed E-state index contributed by atoms with van der Waals surface area (Å²) in [7, 11) is 1.33. The molecule has 4 heteroatoms. The molecule has 0 aliphatic rings. The lowest BCUT2D eigenvalue weighted by Crippen LogP contribution is -2.04. The number of phenolic OH excluding ortho intramolecular Hbond substituents is 1. The number of carbonyl (C=O) groups is 1. The lowest BCUT2D eigenvalue weighted by atomic mass is 10.1. The van der Waals surface area contributed by atoms with Crippen LogP contribution >= 0.6 is 11.8 Å². The van der Waals surface area contributed by atoms with E-state index < -0.39 is 0 Å². The fraction of sp³-hybridized carbons (Fsp3) is 0.300. The van der Waals surface area contributed by atoms with Gasteiger partial charge in [0.25, 0.3) is 0 Å². The highest BCUT2D eigenvalue weighted by Crippen LogP contribution is 2.24. The van der Waals surface area contributed by atoms with Gasteiger partial charge in [0, 0.05) is 10.5 Å². The molecule has 76 valence electrons. The molecular formula is C10H12O3S. The molecule has 1 rings (SSSR count). The molecule has 1 aromatic rings. The van der Waals surface area contributed by atoms with E-state index in [9.17, 15) is 9.90 Å². The monoisotopic (exact) mass is 212 g/mol. The maximum absolute atomic E-state index is 10.9. The summed E-state index contributed by atoms with van der Waals surface area (Å²) >= 11 is 1.54. The van der Waals surface area contributed by atoms with Crippen molar-refractivity contribution in [2.24, 2.45) is 0 Å². The summed E-state index contributed by atoms with van der Waals surface area (Å²) in [6, 6.07) is 5.24. The molecular weight excluding hydrogens is 200 g/mol. The largest absolute Gasteiger partial charge is 0.508 e. The average molecular weight is 212 g/mol. The van der Waals surface area contributed by atoms with Crippen LogP contribution in [0.3, 0.4) is 0 Å². The molecule has 3 nitrogen and oxygen atoms in total. The second kappa shape index (κ2) is 4.91. The Labute approximate surface area is 87.1 Å². The molecule has 0 aliphatic carbocycles. The molecule has 0 atom stereocenters. The van der Waals surface area contributed by atoms with Crippen LogP contribution in [0.25, 0.3) is 0 Å². The maximum atomic E-state index is 10.9. The third kappa shape index (κ3) is 2.67. The van der Waals surface area contributed by atoms with Crippen molar-refractivity contribution in [2.45, 2.75) is 11.3 Å². The van der Waals surface area contributed by atoms with Gasteiger partial charge in [0.1, 0.15) is 5.75 Å². The summed E-state index contributed by atoms with van der Waals surface area (Å²) in [6.45, 7) is 0. The Bertz CT molecular complexity index is 336. The van der Waals surface area contributed by atoms with Crippen molar-refractivity contribution in [3.63, 3.8) is 0 Å². The molecule has 0 spiro atoms. The van der Waals surface area contributed by atoms with Gasteiger partial charge in [-0.25, -0.2) is 0 Å². The number of ether oxygens (including phenoxy) is 1.